The Kier molecular flexibility index (Phi) is 5.36. The molecular weight excluding hydrogens is 292 g/mol. The highest BCUT2D eigenvalue weighted by molar-refractivity contribution is 7.89. The summed E-state index contributed by atoms with van der Waals surface area (Å²) in [5, 5.41) is 7.85. The van der Waals surface area contributed by atoms with Gasteiger partial charge in [0.1, 0.15) is 5.75 Å². The summed E-state index contributed by atoms with van der Waals surface area (Å²) in [5.74, 6) is 0.393. The van der Waals surface area contributed by atoms with Crippen LogP contribution in [0.1, 0.15) is 32.8 Å². The van der Waals surface area contributed by atoms with Crippen molar-refractivity contribution in [1.29, 1.82) is 0 Å². The number of hydrogen-bond donors (Lipinski definition) is 2. The van der Waals surface area contributed by atoms with Gasteiger partial charge in [0.2, 0.25) is 15.9 Å². The molecule has 118 valence electrons. The largest absolute Gasteiger partial charge is 0.496 e. The summed E-state index contributed by atoms with van der Waals surface area (Å²) in [6.07, 6.45) is 0.379. The molecule has 1 rings (SSSR count). The Balaban J connectivity index is 2.89. The van der Waals surface area contributed by atoms with Crippen LogP contribution in [-0.2, 0) is 21.4 Å². The van der Waals surface area contributed by atoms with E-state index in [9.17, 15) is 13.2 Å². The van der Waals surface area contributed by atoms with Gasteiger partial charge in [-0.1, -0.05) is 20.8 Å². The molecule has 0 aliphatic carbocycles. The van der Waals surface area contributed by atoms with Gasteiger partial charge in [0, 0.05) is 18.5 Å². The maximum Gasteiger partial charge on any atom is 0.238 e. The van der Waals surface area contributed by atoms with Crippen LogP contribution in [0.25, 0.3) is 0 Å². The van der Waals surface area contributed by atoms with Gasteiger partial charge in [0.25, 0.3) is 0 Å². The Morgan fingerprint density at radius 3 is 2.43 bits per heavy atom. The van der Waals surface area contributed by atoms with E-state index in [1.807, 2.05) is 20.8 Å². The second-order valence-corrected chi connectivity index (χ2v) is 7.59. The van der Waals surface area contributed by atoms with Gasteiger partial charge in [-0.2, -0.15) is 0 Å². The lowest BCUT2D eigenvalue weighted by Crippen LogP contribution is -2.27. The van der Waals surface area contributed by atoms with Gasteiger partial charge in [-0.05, 0) is 23.6 Å². The first-order chi connectivity index (χ1) is 9.53. The molecule has 0 radical (unpaired) electrons. The molecule has 6 nitrogen and oxygen atoms in total. The number of methoxy groups -OCH3 is 1. The van der Waals surface area contributed by atoms with Crippen LogP contribution < -0.4 is 15.2 Å². The van der Waals surface area contributed by atoms with Crippen molar-refractivity contribution in [3.63, 3.8) is 0 Å². The fourth-order valence-corrected chi connectivity index (χ4v) is 2.37. The summed E-state index contributed by atoms with van der Waals surface area (Å²) in [5.41, 5.74) is 0.447. The fourth-order valence-electron chi connectivity index (χ4n) is 1.81. The van der Waals surface area contributed by atoms with Crippen molar-refractivity contribution in [3.05, 3.63) is 23.8 Å². The molecule has 0 saturated carbocycles. The third-order valence-electron chi connectivity index (χ3n) is 2.75. The van der Waals surface area contributed by atoms with E-state index < -0.39 is 10.0 Å². The molecule has 0 bridgehead atoms. The molecule has 0 atom stereocenters. The predicted octanol–water partition coefficient (Wildman–Crippen LogP) is 1.39. The number of hydrogen-bond acceptors (Lipinski definition) is 4. The second-order valence-electron chi connectivity index (χ2n) is 6.03. The van der Waals surface area contributed by atoms with E-state index in [0.717, 1.165) is 0 Å². The van der Waals surface area contributed by atoms with Crippen molar-refractivity contribution in [2.75, 3.05) is 7.11 Å². The highest BCUT2D eigenvalue weighted by Gasteiger charge is 2.17. The summed E-state index contributed by atoms with van der Waals surface area (Å²) in [6, 6.07) is 4.30. The first kappa shape index (κ1) is 17.5. The highest BCUT2D eigenvalue weighted by atomic mass is 32.2. The number of nitrogens with one attached hydrogen (secondary N) is 1. The van der Waals surface area contributed by atoms with Crippen LogP contribution in [0.3, 0.4) is 0 Å². The zero-order valence-corrected chi connectivity index (χ0v) is 13.6. The van der Waals surface area contributed by atoms with Gasteiger partial charge in [0.05, 0.1) is 12.0 Å². The number of rotatable bonds is 5. The Bertz CT molecular complexity index is 618. The topological polar surface area (TPSA) is 98.5 Å². The first-order valence-electron chi connectivity index (χ1n) is 6.49. The van der Waals surface area contributed by atoms with Crippen molar-refractivity contribution < 1.29 is 17.9 Å². The normalized spacial score (nSPS) is 12.0. The highest BCUT2D eigenvalue weighted by Crippen LogP contribution is 2.22. The quantitative estimate of drug-likeness (QED) is 0.858. The van der Waals surface area contributed by atoms with Crippen LogP contribution >= 0.6 is 0 Å². The molecular formula is C14H22N2O4S. The molecule has 0 unspecified atom stereocenters. The molecule has 0 saturated heterocycles. The number of benzene rings is 1. The standard InChI is InChI=1S/C14H22N2O4S/c1-14(2,3)8-13(17)16-9-10-7-11(21(15,18)19)5-6-12(10)20-4/h5-7H,8-9H2,1-4H3,(H,16,17)(H2,15,18,19). The summed E-state index contributed by atoms with van der Waals surface area (Å²) in [4.78, 5) is 11.8. The maximum atomic E-state index is 11.8. The lowest BCUT2D eigenvalue weighted by molar-refractivity contribution is -0.122. The molecule has 0 aliphatic heterocycles. The Morgan fingerprint density at radius 1 is 1.33 bits per heavy atom. The number of ether oxygens (including phenoxy) is 1. The molecule has 0 spiro atoms. The molecule has 0 heterocycles. The van der Waals surface area contributed by atoms with E-state index in [-0.39, 0.29) is 22.8 Å². The minimum absolute atomic E-state index is 0.0108. The number of carbonyl (C=O) groups is 1. The molecule has 1 aromatic carbocycles. The van der Waals surface area contributed by atoms with Crippen molar-refractivity contribution in [3.8, 4) is 5.75 Å². The summed E-state index contributed by atoms with van der Waals surface area (Å²) in [6.45, 7) is 6.08. The molecule has 1 aromatic rings. The molecule has 0 fully saturated rings. The van der Waals surface area contributed by atoms with Gasteiger partial charge in [-0.15, -0.1) is 0 Å². The van der Waals surface area contributed by atoms with Crippen LogP contribution in [0, 0.1) is 5.41 Å². The van der Waals surface area contributed by atoms with Gasteiger partial charge < -0.3 is 10.1 Å². The lowest BCUT2D eigenvalue weighted by atomic mass is 9.92. The zero-order valence-electron chi connectivity index (χ0n) is 12.8. The van der Waals surface area contributed by atoms with Crippen molar-refractivity contribution in [2.45, 2.75) is 38.6 Å². The number of sulfonamides is 1. The van der Waals surface area contributed by atoms with Gasteiger partial charge in [-0.3, -0.25) is 4.79 Å². The average molecular weight is 314 g/mol. The number of primary sulfonamides is 1. The van der Waals surface area contributed by atoms with Gasteiger partial charge in [0.15, 0.2) is 0 Å². The lowest BCUT2D eigenvalue weighted by Gasteiger charge is -2.18. The van der Waals surface area contributed by atoms with E-state index >= 15 is 0 Å². The number of carbonyl (C=O) groups excluding carboxylic acids is 1. The van der Waals surface area contributed by atoms with E-state index in [1.54, 1.807) is 0 Å². The Hall–Kier alpha value is -1.60. The summed E-state index contributed by atoms with van der Waals surface area (Å²) >= 11 is 0. The van der Waals surface area contributed by atoms with Crippen LogP contribution in [0.4, 0.5) is 0 Å². The minimum Gasteiger partial charge on any atom is -0.496 e. The van der Waals surface area contributed by atoms with Crippen LogP contribution in [0.15, 0.2) is 23.1 Å². The molecule has 3 N–H and O–H groups in total. The van der Waals surface area contributed by atoms with Crippen molar-refractivity contribution in [2.24, 2.45) is 10.6 Å². The first-order valence-corrected chi connectivity index (χ1v) is 8.04. The van der Waals surface area contributed by atoms with Crippen LogP contribution in [0.5, 0.6) is 5.75 Å². The van der Waals surface area contributed by atoms with Crippen LogP contribution in [0.2, 0.25) is 0 Å². The fraction of sp³-hybridized carbons (Fsp3) is 0.500. The summed E-state index contributed by atoms with van der Waals surface area (Å²) < 4.78 is 27.9. The third kappa shape index (κ3) is 5.73. The maximum absolute atomic E-state index is 11.8. The minimum atomic E-state index is -3.79. The van der Waals surface area contributed by atoms with E-state index in [0.29, 0.717) is 17.7 Å². The summed E-state index contributed by atoms with van der Waals surface area (Å²) in [7, 11) is -2.31. The van der Waals surface area contributed by atoms with E-state index in [2.05, 4.69) is 5.32 Å². The molecule has 7 heteroatoms. The second kappa shape index (κ2) is 6.44. The number of nitrogens with two attached hydrogens (primary N) is 1. The zero-order chi connectivity index (χ0) is 16.3. The Morgan fingerprint density at radius 2 is 1.95 bits per heavy atom. The van der Waals surface area contributed by atoms with Crippen molar-refractivity contribution >= 4 is 15.9 Å². The predicted molar refractivity (Wildman–Crippen MR) is 80.3 cm³/mol. The van der Waals surface area contributed by atoms with Crippen molar-refractivity contribution in [1.82, 2.24) is 5.32 Å². The van der Waals surface area contributed by atoms with Crippen LogP contribution in [-0.4, -0.2) is 21.4 Å². The van der Waals surface area contributed by atoms with E-state index in [1.165, 1.54) is 25.3 Å². The molecule has 0 aliphatic rings. The SMILES string of the molecule is COc1ccc(S(N)(=O)=O)cc1CNC(=O)CC(C)(C)C. The molecule has 1 amide bonds. The molecule has 0 aromatic heterocycles. The van der Waals surface area contributed by atoms with E-state index in [4.69, 9.17) is 9.88 Å². The monoisotopic (exact) mass is 314 g/mol. The number of amides is 1. The average Bonchev–Trinajstić information content (AvgIpc) is 2.32. The molecule has 21 heavy (non-hydrogen) atoms. The van der Waals surface area contributed by atoms with Gasteiger partial charge in [-0.25, -0.2) is 13.6 Å². The third-order valence-corrected chi connectivity index (χ3v) is 3.66. The smallest absolute Gasteiger partial charge is 0.238 e. The van der Waals surface area contributed by atoms with Gasteiger partial charge >= 0.3 is 0 Å². The Labute approximate surface area is 125 Å².